The SMILES string of the molecule is OB(O)c1cc(-c2ncc3c(N4CC5CCC(C4)N5)nc(OCC45CCCN4CCC5)nc3c2F)c2ccccc2c1. The molecule has 6 heterocycles. The summed E-state index contributed by atoms with van der Waals surface area (Å²) in [4.78, 5) is 18.9. The molecule has 0 saturated carbocycles. The fourth-order valence-electron chi connectivity index (χ4n) is 7.82. The molecule has 42 heavy (non-hydrogen) atoms. The number of nitrogens with zero attached hydrogens (tertiary/aromatic N) is 5. The van der Waals surface area contributed by atoms with E-state index in [4.69, 9.17) is 9.72 Å². The van der Waals surface area contributed by atoms with Crippen molar-refractivity contribution in [1.29, 1.82) is 0 Å². The number of fused-ring (bicyclic) bond motifs is 5. The molecule has 2 aromatic heterocycles. The topological polar surface area (TPSA) is 107 Å². The lowest BCUT2D eigenvalue weighted by Crippen LogP contribution is -2.51. The van der Waals surface area contributed by atoms with Crippen LogP contribution in [0.15, 0.2) is 42.6 Å². The second kappa shape index (κ2) is 10.1. The fourth-order valence-corrected chi connectivity index (χ4v) is 7.82. The second-order valence-electron chi connectivity index (χ2n) is 12.4. The molecular weight excluding hydrogens is 534 g/mol. The largest absolute Gasteiger partial charge is 0.488 e. The highest BCUT2D eigenvalue weighted by molar-refractivity contribution is 6.59. The van der Waals surface area contributed by atoms with Gasteiger partial charge in [0.25, 0.3) is 0 Å². The van der Waals surface area contributed by atoms with Gasteiger partial charge in [0.2, 0.25) is 0 Å². The summed E-state index contributed by atoms with van der Waals surface area (Å²) < 4.78 is 23.1. The van der Waals surface area contributed by atoms with Gasteiger partial charge in [-0.3, -0.25) is 9.88 Å². The average molecular weight is 568 g/mol. The summed E-state index contributed by atoms with van der Waals surface area (Å²) in [6.07, 6.45) is 8.40. The van der Waals surface area contributed by atoms with Gasteiger partial charge in [0.1, 0.15) is 23.6 Å². The van der Waals surface area contributed by atoms with Crippen molar-refractivity contribution in [3.63, 3.8) is 0 Å². The van der Waals surface area contributed by atoms with Crippen molar-refractivity contribution in [2.75, 3.05) is 37.7 Å². The van der Waals surface area contributed by atoms with Crippen LogP contribution in [0, 0.1) is 5.82 Å². The smallest absolute Gasteiger partial charge is 0.461 e. The Morgan fingerprint density at radius 1 is 1.02 bits per heavy atom. The minimum Gasteiger partial charge on any atom is -0.461 e. The Morgan fingerprint density at radius 2 is 1.79 bits per heavy atom. The number of benzene rings is 2. The van der Waals surface area contributed by atoms with Crippen molar-refractivity contribution in [3.05, 3.63) is 48.4 Å². The quantitative estimate of drug-likeness (QED) is 0.303. The molecule has 2 bridgehead atoms. The standard InChI is InChI=1S/C31H34BFN6O3/c33-26-27(24-14-20(32(40)41)13-19-5-1-2-6-23(19)24)34-15-25-28(26)36-30(42-18-31-9-3-11-39(31)12-4-10-31)37-29(25)38-16-21-7-8-22(17-38)35-21/h1-2,5-6,13-15,21-22,35,40-41H,3-4,7-12,16-18H2. The van der Waals surface area contributed by atoms with E-state index < -0.39 is 12.9 Å². The summed E-state index contributed by atoms with van der Waals surface area (Å²) in [7, 11) is -1.70. The zero-order valence-electron chi connectivity index (χ0n) is 23.5. The van der Waals surface area contributed by atoms with Crippen LogP contribution in [0.1, 0.15) is 38.5 Å². The molecule has 0 aliphatic carbocycles. The van der Waals surface area contributed by atoms with E-state index in [1.54, 1.807) is 18.3 Å². The Balaban J connectivity index is 1.26. The molecule has 8 rings (SSSR count). The Bertz CT molecular complexity index is 1670. The maximum Gasteiger partial charge on any atom is 0.488 e. The number of aromatic nitrogens is 3. The molecular formula is C31H34BFN6O3. The van der Waals surface area contributed by atoms with Gasteiger partial charge in [-0.2, -0.15) is 9.97 Å². The van der Waals surface area contributed by atoms with Crippen LogP contribution < -0.4 is 20.4 Å². The number of rotatable bonds is 6. The van der Waals surface area contributed by atoms with Gasteiger partial charge in [0, 0.05) is 36.9 Å². The van der Waals surface area contributed by atoms with Gasteiger partial charge in [0.15, 0.2) is 5.82 Å². The third-order valence-corrected chi connectivity index (χ3v) is 9.88. The third-order valence-electron chi connectivity index (χ3n) is 9.88. The normalized spacial score (nSPS) is 23.2. The molecule has 0 spiro atoms. The summed E-state index contributed by atoms with van der Waals surface area (Å²) in [6.45, 7) is 4.24. The molecule has 3 N–H and O–H groups in total. The summed E-state index contributed by atoms with van der Waals surface area (Å²) in [5.41, 5.74) is 1.03. The zero-order valence-corrected chi connectivity index (χ0v) is 23.5. The number of nitrogens with one attached hydrogen (secondary N) is 1. The van der Waals surface area contributed by atoms with E-state index in [0.717, 1.165) is 75.5 Å². The molecule has 0 amide bonds. The first-order valence-electron chi connectivity index (χ1n) is 15.1. The molecule has 4 aromatic rings. The van der Waals surface area contributed by atoms with E-state index in [9.17, 15) is 10.0 Å². The van der Waals surface area contributed by atoms with E-state index in [0.29, 0.717) is 35.5 Å². The van der Waals surface area contributed by atoms with E-state index in [1.807, 2.05) is 24.3 Å². The van der Waals surface area contributed by atoms with Gasteiger partial charge in [-0.15, -0.1) is 0 Å². The number of halogens is 1. The van der Waals surface area contributed by atoms with Crippen molar-refractivity contribution in [2.45, 2.75) is 56.1 Å². The van der Waals surface area contributed by atoms with Crippen LogP contribution in [-0.2, 0) is 0 Å². The number of hydrogen-bond donors (Lipinski definition) is 3. The second-order valence-corrected chi connectivity index (χ2v) is 12.4. The van der Waals surface area contributed by atoms with Crippen LogP contribution in [0.4, 0.5) is 10.2 Å². The molecule has 2 unspecified atom stereocenters. The first kappa shape index (κ1) is 26.3. The average Bonchev–Trinajstić information content (AvgIpc) is 3.69. The summed E-state index contributed by atoms with van der Waals surface area (Å²) in [6, 6.07) is 11.7. The Labute approximate surface area is 243 Å². The molecule has 11 heteroatoms. The van der Waals surface area contributed by atoms with Crippen LogP contribution >= 0.6 is 0 Å². The van der Waals surface area contributed by atoms with Gasteiger partial charge in [-0.1, -0.05) is 36.4 Å². The maximum absolute atomic E-state index is 16.7. The summed E-state index contributed by atoms with van der Waals surface area (Å²) >= 11 is 0. The van der Waals surface area contributed by atoms with Crippen LogP contribution in [0.5, 0.6) is 6.01 Å². The van der Waals surface area contributed by atoms with Gasteiger partial charge in [-0.05, 0) is 67.8 Å². The highest BCUT2D eigenvalue weighted by Crippen LogP contribution is 2.40. The summed E-state index contributed by atoms with van der Waals surface area (Å²) in [5.74, 6) is 0.0818. The lowest BCUT2D eigenvalue weighted by atomic mass is 9.78. The van der Waals surface area contributed by atoms with Gasteiger partial charge in [0.05, 0.1) is 10.9 Å². The number of pyridine rings is 1. The molecule has 4 saturated heterocycles. The number of anilines is 1. The minimum absolute atomic E-state index is 0.0130. The van der Waals surface area contributed by atoms with Crippen molar-refractivity contribution in [1.82, 2.24) is 25.2 Å². The fraction of sp³-hybridized carbons (Fsp3) is 0.452. The molecule has 2 aromatic carbocycles. The molecule has 4 aliphatic rings. The molecule has 4 fully saturated rings. The predicted molar refractivity (Wildman–Crippen MR) is 160 cm³/mol. The highest BCUT2D eigenvalue weighted by Gasteiger charge is 2.45. The Hall–Kier alpha value is -3.38. The maximum atomic E-state index is 16.7. The van der Waals surface area contributed by atoms with Crippen molar-refractivity contribution in [2.24, 2.45) is 0 Å². The molecule has 4 aliphatic heterocycles. The van der Waals surface area contributed by atoms with E-state index in [1.165, 1.54) is 0 Å². The van der Waals surface area contributed by atoms with Crippen molar-refractivity contribution in [3.8, 4) is 17.3 Å². The van der Waals surface area contributed by atoms with Crippen LogP contribution in [-0.4, -0.2) is 87.4 Å². The number of piperazine rings is 1. The van der Waals surface area contributed by atoms with Crippen LogP contribution in [0.3, 0.4) is 0 Å². The minimum atomic E-state index is -1.70. The van der Waals surface area contributed by atoms with Gasteiger partial charge < -0.3 is 25.0 Å². The molecule has 9 nitrogen and oxygen atoms in total. The van der Waals surface area contributed by atoms with Crippen molar-refractivity contribution < 1.29 is 19.2 Å². The number of hydrogen-bond acceptors (Lipinski definition) is 9. The van der Waals surface area contributed by atoms with Crippen molar-refractivity contribution >= 4 is 40.1 Å². The summed E-state index contributed by atoms with van der Waals surface area (Å²) in [5, 5.41) is 25.7. The first-order valence-corrected chi connectivity index (χ1v) is 15.1. The molecule has 216 valence electrons. The van der Waals surface area contributed by atoms with Gasteiger partial charge >= 0.3 is 13.1 Å². The first-order chi connectivity index (χ1) is 20.5. The van der Waals surface area contributed by atoms with Gasteiger partial charge in [-0.25, -0.2) is 4.39 Å². The Kier molecular flexibility index (Phi) is 6.33. The molecule has 2 atom stereocenters. The lowest BCUT2D eigenvalue weighted by Gasteiger charge is -2.34. The van der Waals surface area contributed by atoms with E-state index in [2.05, 4.69) is 25.1 Å². The highest BCUT2D eigenvalue weighted by atomic mass is 19.1. The zero-order chi connectivity index (χ0) is 28.4. The van der Waals surface area contributed by atoms with E-state index in [-0.39, 0.29) is 28.2 Å². The Morgan fingerprint density at radius 3 is 2.55 bits per heavy atom. The third kappa shape index (κ3) is 4.33. The predicted octanol–water partition coefficient (Wildman–Crippen LogP) is 2.61. The number of ether oxygens (including phenoxy) is 1. The van der Waals surface area contributed by atoms with Crippen LogP contribution in [0.25, 0.3) is 32.9 Å². The van der Waals surface area contributed by atoms with Crippen LogP contribution in [0.2, 0.25) is 0 Å². The monoisotopic (exact) mass is 568 g/mol. The molecule has 0 radical (unpaired) electrons. The lowest BCUT2D eigenvalue weighted by molar-refractivity contribution is 0.108. The van der Waals surface area contributed by atoms with E-state index >= 15 is 4.39 Å².